The summed E-state index contributed by atoms with van der Waals surface area (Å²) in [7, 11) is 2.06. The summed E-state index contributed by atoms with van der Waals surface area (Å²) in [5.74, 6) is -0.0961. The first-order chi connectivity index (χ1) is 20.5. The molecule has 0 unspecified atom stereocenters. The Labute approximate surface area is 248 Å². The number of carbonyl (C=O) groups is 1. The lowest BCUT2D eigenvalue weighted by Gasteiger charge is -2.37. The van der Waals surface area contributed by atoms with Crippen LogP contribution in [-0.4, -0.2) is 42.2 Å². The zero-order valence-corrected chi connectivity index (χ0v) is 24.0. The molecule has 0 saturated carbocycles. The van der Waals surface area contributed by atoms with Crippen molar-refractivity contribution in [1.29, 1.82) is 0 Å². The van der Waals surface area contributed by atoms with Crippen molar-refractivity contribution in [3.8, 4) is 11.1 Å². The molecule has 1 aliphatic rings. The Morgan fingerprint density at radius 3 is 2.33 bits per heavy atom. The average Bonchev–Trinajstić information content (AvgIpc) is 3.04. The standard InChI is InChI=1S/C36H38N2O4/c1-3-21-38(2)24-32-22-34(28-15-13-26(25-39)14-16-28)42-36(41-32)30-19-17-27(18-20-30)33-12-8-7-11-31(33)23-37-35(40)29-9-5-4-6-10-29/h3-20,32,34,36,39H,1,21-25H2,2H3,(H,37,40)/t32-,34+,36+/m1/s1. The van der Waals surface area contributed by atoms with Crippen LogP contribution in [0.2, 0.25) is 0 Å². The molecule has 6 heteroatoms. The lowest BCUT2D eigenvalue weighted by Crippen LogP contribution is -2.37. The number of likely N-dealkylation sites (N-methyl/N-ethyl adjacent to an activating group) is 1. The highest BCUT2D eigenvalue weighted by molar-refractivity contribution is 5.94. The van der Waals surface area contributed by atoms with E-state index in [0.717, 1.165) is 52.9 Å². The van der Waals surface area contributed by atoms with Gasteiger partial charge in [-0.1, -0.05) is 97.1 Å². The lowest BCUT2D eigenvalue weighted by molar-refractivity contribution is -0.252. The third-order valence-electron chi connectivity index (χ3n) is 7.56. The van der Waals surface area contributed by atoms with E-state index in [1.54, 1.807) is 0 Å². The molecular weight excluding hydrogens is 524 g/mol. The highest BCUT2D eigenvalue weighted by atomic mass is 16.7. The minimum atomic E-state index is -0.516. The normalized spacial score (nSPS) is 18.5. The van der Waals surface area contributed by atoms with Crippen molar-refractivity contribution >= 4 is 5.91 Å². The van der Waals surface area contributed by atoms with Gasteiger partial charge in [0.05, 0.1) is 18.8 Å². The van der Waals surface area contributed by atoms with Gasteiger partial charge < -0.3 is 24.8 Å². The van der Waals surface area contributed by atoms with Gasteiger partial charge in [0.1, 0.15) is 0 Å². The van der Waals surface area contributed by atoms with Crippen molar-refractivity contribution in [2.24, 2.45) is 0 Å². The smallest absolute Gasteiger partial charge is 0.251 e. The highest BCUT2D eigenvalue weighted by Gasteiger charge is 2.32. The molecule has 0 radical (unpaired) electrons. The van der Waals surface area contributed by atoms with E-state index < -0.39 is 6.29 Å². The molecule has 1 amide bonds. The van der Waals surface area contributed by atoms with Crippen LogP contribution in [0.15, 0.2) is 116 Å². The van der Waals surface area contributed by atoms with Gasteiger partial charge in [0.2, 0.25) is 0 Å². The first-order valence-corrected chi connectivity index (χ1v) is 14.4. The van der Waals surface area contributed by atoms with E-state index >= 15 is 0 Å². The Bertz CT molecular complexity index is 1450. The van der Waals surface area contributed by atoms with Crippen LogP contribution < -0.4 is 5.32 Å². The molecule has 1 fully saturated rings. The van der Waals surface area contributed by atoms with Crippen LogP contribution in [0.1, 0.15) is 51.4 Å². The van der Waals surface area contributed by atoms with E-state index in [2.05, 4.69) is 54.2 Å². The molecule has 5 rings (SSSR count). The molecule has 42 heavy (non-hydrogen) atoms. The molecule has 3 atom stereocenters. The Kier molecular flexibility index (Phi) is 9.95. The Hall–Kier alpha value is -4.07. The predicted octanol–water partition coefficient (Wildman–Crippen LogP) is 6.44. The summed E-state index contributed by atoms with van der Waals surface area (Å²) in [6.45, 7) is 5.84. The van der Waals surface area contributed by atoms with Gasteiger partial charge in [-0.2, -0.15) is 0 Å². The SMILES string of the molecule is C=CCN(C)C[C@H]1C[C@@H](c2ccc(CO)cc2)O[C@@H](c2ccc(-c3ccccc3CNC(=O)c3ccccc3)cc2)O1. The summed E-state index contributed by atoms with van der Waals surface area (Å²) in [5.41, 5.74) is 6.69. The number of amides is 1. The van der Waals surface area contributed by atoms with Crippen molar-refractivity contribution in [2.75, 3.05) is 20.1 Å². The molecule has 6 nitrogen and oxygen atoms in total. The van der Waals surface area contributed by atoms with E-state index in [0.29, 0.717) is 12.1 Å². The minimum Gasteiger partial charge on any atom is -0.392 e. The third kappa shape index (κ3) is 7.41. The first kappa shape index (κ1) is 29.4. The zero-order chi connectivity index (χ0) is 29.3. The second kappa shape index (κ2) is 14.2. The van der Waals surface area contributed by atoms with Crippen LogP contribution in [0, 0.1) is 0 Å². The van der Waals surface area contributed by atoms with E-state index in [4.69, 9.17) is 9.47 Å². The van der Waals surface area contributed by atoms with Crippen molar-refractivity contribution in [3.05, 3.63) is 144 Å². The van der Waals surface area contributed by atoms with Crippen LogP contribution in [-0.2, 0) is 22.6 Å². The van der Waals surface area contributed by atoms with E-state index in [9.17, 15) is 9.90 Å². The molecule has 216 valence electrons. The van der Waals surface area contributed by atoms with Crippen LogP contribution in [0.4, 0.5) is 0 Å². The van der Waals surface area contributed by atoms with Gasteiger partial charge in [0.15, 0.2) is 6.29 Å². The summed E-state index contributed by atoms with van der Waals surface area (Å²) >= 11 is 0. The fourth-order valence-electron chi connectivity index (χ4n) is 5.32. The zero-order valence-electron chi connectivity index (χ0n) is 24.0. The summed E-state index contributed by atoms with van der Waals surface area (Å²) in [6, 6.07) is 33.6. The highest BCUT2D eigenvalue weighted by Crippen LogP contribution is 2.38. The maximum absolute atomic E-state index is 12.6. The number of nitrogens with zero attached hydrogens (tertiary/aromatic N) is 1. The van der Waals surface area contributed by atoms with Crippen molar-refractivity contribution in [3.63, 3.8) is 0 Å². The summed E-state index contributed by atoms with van der Waals surface area (Å²) in [5, 5.41) is 12.5. The second-order valence-electron chi connectivity index (χ2n) is 10.7. The number of ether oxygens (including phenoxy) is 2. The molecule has 4 aromatic rings. The molecule has 1 heterocycles. The van der Waals surface area contributed by atoms with E-state index in [1.807, 2.05) is 78.9 Å². The van der Waals surface area contributed by atoms with Crippen molar-refractivity contribution < 1.29 is 19.4 Å². The molecule has 1 aliphatic heterocycles. The van der Waals surface area contributed by atoms with Crippen molar-refractivity contribution in [1.82, 2.24) is 10.2 Å². The predicted molar refractivity (Wildman–Crippen MR) is 166 cm³/mol. The minimum absolute atomic E-state index is 0.0153. The third-order valence-corrected chi connectivity index (χ3v) is 7.56. The van der Waals surface area contributed by atoms with Crippen molar-refractivity contribution in [2.45, 2.75) is 38.1 Å². The number of hydrogen-bond donors (Lipinski definition) is 2. The maximum Gasteiger partial charge on any atom is 0.251 e. The Balaban J connectivity index is 1.33. The molecule has 4 aromatic carbocycles. The molecule has 0 bridgehead atoms. The van der Waals surface area contributed by atoms with Gasteiger partial charge in [0.25, 0.3) is 5.91 Å². The van der Waals surface area contributed by atoms with Crippen LogP contribution in [0.5, 0.6) is 0 Å². The van der Waals surface area contributed by atoms with Crippen LogP contribution in [0.25, 0.3) is 11.1 Å². The number of rotatable bonds is 11. The van der Waals surface area contributed by atoms with Gasteiger partial charge in [0, 0.05) is 37.2 Å². The monoisotopic (exact) mass is 562 g/mol. The van der Waals surface area contributed by atoms with E-state index in [-0.39, 0.29) is 24.7 Å². The average molecular weight is 563 g/mol. The number of aliphatic hydroxyl groups excluding tert-OH is 1. The molecule has 2 N–H and O–H groups in total. The quantitative estimate of drug-likeness (QED) is 0.206. The fourth-order valence-corrected chi connectivity index (χ4v) is 5.32. The number of benzene rings is 4. The summed E-state index contributed by atoms with van der Waals surface area (Å²) < 4.78 is 13.0. The second-order valence-corrected chi connectivity index (χ2v) is 10.7. The van der Waals surface area contributed by atoms with Gasteiger partial charge in [-0.25, -0.2) is 0 Å². The molecule has 0 spiro atoms. The maximum atomic E-state index is 12.6. The number of aliphatic hydroxyl groups is 1. The van der Waals surface area contributed by atoms with Gasteiger partial charge in [-0.15, -0.1) is 6.58 Å². The van der Waals surface area contributed by atoms with Crippen LogP contribution in [0.3, 0.4) is 0 Å². The number of carbonyl (C=O) groups excluding carboxylic acids is 1. The van der Waals surface area contributed by atoms with E-state index in [1.165, 1.54) is 0 Å². The molecule has 1 saturated heterocycles. The molecule has 0 aliphatic carbocycles. The Morgan fingerprint density at radius 2 is 1.62 bits per heavy atom. The van der Waals surface area contributed by atoms with Gasteiger partial charge >= 0.3 is 0 Å². The van der Waals surface area contributed by atoms with Gasteiger partial charge in [-0.05, 0) is 47.0 Å². The topological polar surface area (TPSA) is 71.0 Å². The Morgan fingerprint density at radius 1 is 0.929 bits per heavy atom. The number of hydrogen-bond acceptors (Lipinski definition) is 5. The lowest BCUT2D eigenvalue weighted by atomic mass is 9.97. The number of nitrogens with one attached hydrogen (secondary N) is 1. The summed E-state index contributed by atoms with van der Waals surface area (Å²) in [4.78, 5) is 14.8. The van der Waals surface area contributed by atoms with Gasteiger partial charge in [-0.3, -0.25) is 4.79 Å². The molecular formula is C36H38N2O4. The molecule has 0 aromatic heterocycles. The summed E-state index contributed by atoms with van der Waals surface area (Å²) in [6.07, 6.45) is 1.96. The first-order valence-electron chi connectivity index (χ1n) is 14.4. The van der Waals surface area contributed by atoms with Crippen LogP contribution >= 0.6 is 0 Å². The largest absolute Gasteiger partial charge is 0.392 e. The fraction of sp³-hybridized carbons (Fsp3) is 0.250.